The molecule has 1 saturated heterocycles. The van der Waals surface area contributed by atoms with Gasteiger partial charge in [0.1, 0.15) is 5.82 Å². The molecule has 0 N–H and O–H groups in total. The number of anilines is 1. The number of halogens is 1. The first-order valence-corrected chi connectivity index (χ1v) is 8.64. The van der Waals surface area contributed by atoms with Gasteiger partial charge in [0.2, 0.25) is 0 Å². The second-order valence-corrected chi connectivity index (χ2v) is 6.63. The van der Waals surface area contributed by atoms with Crippen LogP contribution >= 0.6 is 15.9 Å². The first-order chi connectivity index (χ1) is 10.1. The molecule has 1 aliphatic rings. The Morgan fingerprint density at radius 2 is 1.86 bits per heavy atom. The highest BCUT2D eigenvalue weighted by atomic mass is 79.9. The molecule has 21 heavy (non-hydrogen) atoms. The van der Waals surface area contributed by atoms with Gasteiger partial charge in [0.05, 0.1) is 5.52 Å². The van der Waals surface area contributed by atoms with Crippen LogP contribution in [-0.4, -0.2) is 42.1 Å². The first kappa shape index (κ1) is 14.8. The molecular formula is C17H22BrN3. The van der Waals surface area contributed by atoms with Gasteiger partial charge in [-0.3, -0.25) is 4.90 Å². The molecule has 2 atom stereocenters. The number of benzene rings is 1. The fourth-order valence-corrected chi connectivity index (χ4v) is 3.51. The molecule has 0 aliphatic carbocycles. The minimum absolute atomic E-state index is 0.546. The van der Waals surface area contributed by atoms with Gasteiger partial charge in [-0.1, -0.05) is 34.1 Å². The van der Waals surface area contributed by atoms with E-state index in [0.717, 1.165) is 29.8 Å². The van der Waals surface area contributed by atoms with Gasteiger partial charge in [-0.15, -0.1) is 0 Å². The molecule has 1 aromatic heterocycles. The second kappa shape index (κ2) is 5.93. The van der Waals surface area contributed by atoms with Gasteiger partial charge in [0.25, 0.3) is 0 Å². The molecule has 0 amide bonds. The topological polar surface area (TPSA) is 19.4 Å². The molecule has 0 spiro atoms. The number of aromatic nitrogens is 1. The Balaban J connectivity index is 2.02. The highest BCUT2D eigenvalue weighted by molar-refractivity contribution is 9.08. The lowest BCUT2D eigenvalue weighted by atomic mass is 10.1. The zero-order valence-electron chi connectivity index (χ0n) is 12.9. The van der Waals surface area contributed by atoms with E-state index in [1.165, 1.54) is 10.9 Å². The summed E-state index contributed by atoms with van der Waals surface area (Å²) >= 11 is 3.63. The first-order valence-electron chi connectivity index (χ1n) is 7.51. The normalized spacial score (nSPS) is 23.7. The van der Waals surface area contributed by atoms with E-state index in [1.807, 2.05) is 0 Å². The van der Waals surface area contributed by atoms with E-state index in [9.17, 15) is 0 Å². The minimum Gasteiger partial charge on any atom is -0.353 e. The molecule has 2 unspecified atom stereocenters. The molecule has 0 bridgehead atoms. The zero-order valence-corrected chi connectivity index (χ0v) is 14.5. The second-order valence-electron chi connectivity index (χ2n) is 6.07. The van der Waals surface area contributed by atoms with Crippen LogP contribution in [0.1, 0.15) is 19.4 Å². The summed E-state index contributed by atoms with van der Waals surface area (Å²) in [6.07, 6.45) is 0. The summed E-state index contributed by atoms with van der Waals surface area (Å²) in [4.78, 5) is 9.83. The average molecular weight is 348 g/mol. The van der Waals surface area contributed by atoms with E-state index in [4.69, 9.17) is 4.98 Å². The van der Waals surface area contributed by atoms with Gasteiger partial charge in [-0.2, -0.15) is 0 Å². The van der Waals surface area contributed by atoms with Crippen molar-refractivity contribution in [1.82, 2.24) is 9.88 Å². The van der Waals surface area contributed by atoms with Gasteiger partial charge < -0.3 is 4.90 Å². The maximum absolute atomic E-state index is 4.94. The number of fused-ring (bicyclic) bond motifs is 1. The van der Waals surface area contributed by atoms with Crippen molar-refractivity contribution in [1.29, 1.82) is 0 Å². The number of para-hydroxylation sites is 1. The number of hydrogen-bond acceptors (Lipinski definition) is 3. The van der Waals surface area contributed by atoms with Crippen molar-refractivity contribution < 1.29 is 0 Å². The predicted octanol–water partition coefficient (Wildman–Crippen LogP) is 3.66. The smallest absolute Gasteiger partial charge is 0.133 e. The molecule has 2 aromatic rings. The monoisotopic (exact) mass is 347 g/mol. The van der Waals surface area contributed by atoms with Crippen LogP contribution in [0, 0.1) is 0 Å². The molecule has 2 heterocycles. The van der Waals surface area contributed by atoms with Crippen molar-refractivity contribution in [2.24, 2.45) is 0 Å². The fraction of sp³-hybridized carbons (Fsp3) is 0.471. The van der Waals surface area contributed by atoms with Crippen molar-refractivity contribution in [2.45, 2.75) is 31.3 Å². The van der Waals surface area contributed by atoms with Crippen LogP contribution in [0.3, 0.4) is 0 Å². The number of piperazine rings is 1. The quantitative estimate of drug-likeness (QED) is 0.772. The highest BCUT2D eigenvalue weighted by Crippen LogP contribution is 2.28. The third-order valence-corrected chi connectivity index (χ3v) is 5.19. The van der Waals surface area contributed by atoms with Crippen molar-refractivity contribution in [2.75, 3.05) is 25.0 Å². The summed E-state index contributed by atoms with van der Waals surface area (Å²) in [7, 11) is 2.21. The number of pyridine rings is 1. The summed E-state index contributed by atoms with van der Waals surface area (Å²) in [5, 5.41) is 2.06. The van der Waals surface area contributed by atoms with Crippen LogP contribution in [0.25, 0.3) is 10.9 Å². The van der Waals surface area contributed by atoms with Gasteiger partial charge in [-0.05, 0) is 33.0 Å². The van der Waals surface area contributed by atoms with Crippen molar-refractivity contribution in [3.05, 3.63) is 35.9 Å². The fourth-order valence-electron chi connectivity index (χ4n) is 3.10. The summed E-state index contributed by atoms with van der Waals surface area (Å²) in [6.45, 7) is 6.65. The van der Waals surface area contributed by atoms with E-state index in [1.54, 1.807) is 0 Å². The van der Waals surface area contributed by atoms with Crippen LogP contribution in [0.15, 0.2) is 30.3 Å². The number of alkyl halides is 1. The zero-order chi connectivity index (χ0) is 15.0. The maximum atomic E-state index is 4.94. The molecule has 1 aromatic carbocycles. The predicted molar refractivity (Wildman–Crippen MR) is 93.3 cm³/mol. The molecule has 0 saturated carbocycles. The van der Waals surface area contributed by atoms with Crippen molar-refractivity contribution in [3.8, 4) is 0 Å². The lowest BCUT2D eigenvalue weighted by Gasteiger charge is -2.43. The van der Waals surface area contributed by atoms with E-state index >= 15 is 0 Å². The molecule has 1 fully saturated rings. The van der Waals surface area contributed by atoms with Crippen molar-refractivity contribution in [3.63, 3.8) is 0 Å². The Morgan fingerprint density at radius 1 is 1.19 bits per heavy atom. The molecule has 3 rings (SSSR count). The van der Waals surface area contributed by atoms with Gasteiger partial charge in [-0.25, -0.2) is 4.98 Å². The lowest BCUT2D eigenvalue weighted by molar-refractivity contribution is 0.169. The Morgan fingerprint density at radius 3 is 2.52 bits per heavy atom. The standard InChI is InChI=1S/C17H22BrN3/c1-12-10-21(11-13(2)20(12)3)17-15(9-18)8-14-6-4-5-7-16(14)19-17/h4-8,12-13H,9-11H2,1-3H3. The third-order valence-electron chi connectivity index (χ3n) is 4.58. The Labute approximate surface area is 135 Å². The summed E-state index contributed by atoms with van der Waals surface area (Å²) < 4.78 is 0. The van der Waals surface area contributed by atoms with Crippen LogP contribution in [-0.2, 0) is 5.33 Å². The van der Waals surface area contributed by atoms with Gasteiger partial charge in [0.15, 0.2) is 0 Å². The van der Waals surface area contributed by atoms with E-state index in [0.29, 0.717) is 12.1 Å². The average Bonchev–Trinajstić information content (AvgIpc) is 2.50. The molecule has 3 nitrogen and oxygen atoms in total. The summed E-state index contributed by atoms with van der Waals surface area (Å²) in [5.74, 6) is 1.14. The number of hydrogen-bond donors (Lipinski definition) is 0. The summed E-state index contributed by atoms with van der Waals surface area (Å²) in [6, 6.07) is 11.7. The van der Waals surface area contributed by atoms with Gasteiger partial charge in [0, 0.05) is 41.5 Å². The van der Waals surface area contributed by atoms with Crippen LogP contribution in [0.4, 0.5) is 5.82 Å². The van der Waals surface area contributed by atoms with Crippen LogP contribution in [0.2, 0.25) is 0 Å². The number of likely N-dealkylation sites (N-methyl/N-ethyl adjacent to an activating group) is 1. The van der Waals surface area contributed by atoms with Crippen LogP contribution < -0.4 is 4.90 Å². The molecule has 0 radical (unpaired) electrons. The number of nitrogens with zero attached hydrogens (tertiary/aromatic N) is 3. The van der Waals surface area contributed by atoms with E-state index in [2.05, 4.69) is 77.0 Å². The molecule has 4 heteroatoms. The Kier molecular flexibility index (Phi) is 4.18. The third kappa shape index (κ3) is 2.79. The molecule has 1 aliphatic heterocycles. The number of rotatable bonds is 2. The van der Waals surface area contributed by atoms with Crippen LogP contribution in [0.5, 0.6) is 0 Å². The Hall–Kier alpha value is -1.13. The van der Waals surface area contributed by atoms with E-state index < -0.39 is 0 Å². The lowest BCUT2D eigenvalue weighted by Crippen LogP contribution is -2.55. The molecule has 112 valence electrons. The largest absolute Gasteiger partial charge is 0.353 e. The summed E-state index contributed by atoms with van der Waals surface area (Å²) in [5.41, 5.74) is 2.36. The Bertz CT molecular complexity index is 631. The maximum Gasteiger partial charge on any atom is 0.133 e. The highest BCUT2D eigenvalue weighted by Gasteiger charge is 2.28. The van der Waals surface area contributed by atoms with E-state index in [-0.39, 0.29) is 0 Å². The van der Waals surface area contributed by atoms with Crippen molar-refractivity contribution >= 4 is 32.7 Å². The SMILES string of the molecule is CC1CN(c2nc3ccccc3cc2CBr)CC(C)N1C. The van der Waals surface area contributed by atoms with Gasteiger partial charge >= 0.3 is 0 Å². The molecular weight excluding hydrogens is 326 g/mol. The minimum atomic E-state index is 0.546.